The summed E-state index contributed by atoms with van der Waals surface area (Å²) in [6, 6.07) is 12.0. The largest absolute Gasteiger partial charge is 0.316 e. The van der Waals surface area contributed by atoms with Crippen LogP contribution in [0, 0.1) is 23.7 Å². The number of amides is 1. The third-order valence-electron chi connectivity index (χ3n) is 4.24. The Balaban J connectivity index is 1.97. The van der Waals surface area contributed by atoms with Crippen molar-refractivity contribution in [1.29, 1.82) is 5.26 Å². The molecule has 0 aliphatic heterocycles. The monoisotopic (exact) mass is 452 g/mol. The van der Waals surface area contributed by atoms with Crippen LogP contribution in [0.15, 0.2) is 30.3 Å². The molecular weight excluding hydrogens is 440 g/mol. The number of rotatable bonds is 3. The number of aryl methyl sites for hydroxylation is 1. The highest BCUT2D eigenvalue weighted by Gasteiger charge is 2.66. The van der Waals surface area contributed by atoms with Gasteiger partial charge in [-0.1, -0.05) is 62.2 Å². The normalized spacial score (nSPS) is 21.5. The van der Waals surface area contributed by atoms with Gasteiger partial charge in [0.1, 0.15) is 11.1 Å². The van der Waals surface area contributed by atoms with Crippen LogP contribution in [0.1, 0.15) is 23.8 Å². The minimum Gasteiger partial charge on any atom is -0.316 e. The van der Waals surface area contributed by atoms with Crippen molar-refractivity contribution in [2.45, 2.75) is 23.5 Å². The van der Waals surface area contributed by atoms with Crippen LogP contribution in [0.25, 0.3) is 11.1 Å². The number of nitriles is 1. The molecule has 1 unspecified atom stereocenters. The summed E-state index contributed by atoms with van der Waals surface area (Å²) in [6.45, 7) is 3.87. The molecule has 3 nitrogen and oxygen atoms in total. The van der Waals surface area contributed by atoms with Crippen LogP contribution in [-0.4, -0.2) is 9.14 Å². The summed E-state index contributed by atoms with van der Waals surface area (Å²) >= 11 is 8.47. The SMILES string of the molecule is Cc1sc(NC(=O)C2(C)CC2(Br)Br)c(C#N)c1-c1ccccc1. The highest BCUT2D eigenvalue weighted by molar-refractivity contribution is 9.25. The molecule has 1 aromatic carbocycles. The third kappa shape index (κ3) is 2.75. The summed E-state index contributed by atoms with van der Waals surface area (Å²) in [6.07, 6.45) is 0.712. The van der Waals surface area contributed by atoms with Crippen molar-refractivity contribution in [2.24, 2.45) is 5.41 Å². The van der Waals surface area contributed by atoms with Crippen LogP contribution < -0.4 is 5.32 Å². The van der Waals surface area contributed by atoms with E-state index in [1.807, 2.05) is 44.2 Å². The first-order valence-corrected chi connectivity index (χ1v) is 9.48. The van der Waals surface area contributed by atoms with Gasteiger partial charge < -0.3 is 5.32 Å². The number of hydrogen-bond donors (Lipinski definition) is 1. The molecule has 1 aliphatic carbocycles. The smallest absolute Gasteiger partial charge is 0.233 e. The molecule has 23 heavy (non-hydrogen) atoms. The second kappa shape index (κ2) is 5.73. The van der Waals surface area contributed by atoms with Gasteiger partial charge in [-0.25, -0.2) is 0 Å². The lowest BCUT2D eigenvalue weighted by Crippen LogP contribution is -2.25. The first-order valence-electron chi connectivity index (χ1n) is 7.08. The minimum absolute atomic E-state index is 0.0800. The lowest BCUT2D eigenvalue weighted by Gasteiger charge is -2.12. The molecule has 0 spiro atoms. The van der Waals surface area contributed by atoms with E-state index in [9.17, 15) is 10.1 Å². The van der Waals surface area contributed by atoms with Crippen LogP contribution in [0.3, 0.4) is 0 Å². The van der Waals surface area contributed by atoms with Crippen molar-refractivity contribution >= 4 is 54.1 Å². The predicted molar refractivity (Wildman–Crippen MR) is 101 cm³/mol. The number of carbonyl (C=O) groups is 1. The maximum absolute atomic E-state index is 12.6. The molecule has 0 radical (unpaired) electrons. The average Bonchev–Trinajstić information content (AvgIpc) is 2.88. The van der Waals surface area contributed by atoms with Gasteiger partial charge in [0.25, 0.3) is 0 Å². The van der Waals surface area contributed by atoms with Crippen LogP contribution in [0.5, 0.6) is 0 Å². The van der Waals surface area contributed by atoms with E-state index in [2.05, 4.69) is 43.2 Å². The fraction of sp³-hybridized carbons (Fsp3) is 0.294. The van der Waals surface area contributed by atoms with Crippen molar-refractivity contribution in [3.63, 3.8) is 0 Å². The number of thiophene rings is 1. The molecule has 1 aliphatic rings. The van der Waals surface area contributed by atoms with Crippen molar-refractivity contribution in [3.8, 4) is 17.2 Å². The van der Waals surface area contributed by atoms with Gasteiger partial charge >= 0.3 is 0 Å². The van der Waals surface area contributed by atoms with Crippen LogP contribution in [0.4, 0.5) is 5.00 Å². The van der Waals surface area contributed by atoms with Gasteiger partial charge in [0, 0.05) is 10.4 Å². The fourth-order valence-corrected chi connectivity index (χ4v) is 5.08. The molecular formula is C17H14Br2N2OS. The average molecular weight is 454 g/mol. The molecule has 1 amide bonds. The van der Waals surface area contributed by atoms with Gasteiger partial charge in [0.15, 0.2) is 0 Å². The summed E-state index contributed by atoms with van der Waals surface area (Å²) in [7, 11) is 0. The number of alkyl halides is 2. The van der Waals surface area contributed by atoms with Gasteiger partial charge in [0.2, 0.25) is 5.91 Å². The molecule has 1 atom stereocenters. The Bertz CT molecular complexity index is 823. The second-order valence-electron chi connectivity index (χ2n) is 5.88. The predicted octanol–water partition coefficient (Wildman–Crippen LogP) is 5.43. The lowest BCUT2D eigenvalue weighted by molar-refractivity contribution is -0.120. The second-order valence-corrected chi connectivity index (χ2v) is 10.9. The van der Waals surface area contributed by atoms with Crippen LogP contribution >= 0.6 is 43.2 Å². The van der Waals surface area contributed by atoms with E-state index in [1.54, 1.807) is 0 Å². The molecule has 118 valence electrons. The van der Waals surface area contributed by atoms with Gasteiger partial charge in [-0.3, -0.25) is 4.79 Å². The van der Waals surface area contributed by atoms with Crippen molar-refractivity contribution in [1.82, 2.24) is 0 Å². The van der Waals surface area contributed by atoms with Gasteiger partial charge in [0.05, 0.1) is 14.2 Å². The summed E-state index contributed by atoms with van der Waals surface area (Å²) in [5.41, 5.74) is 1.92. The topological polar surface area (TPSA) is 52.9 Å². The standard InChI is InChI=1S/C17H14Br2N2OS/c1-10-13(11-6-4-3-5-7-11)12(8-20)14(23-10)21-15(22)16(2)9-17(16,18)19/h3-7H,9H2,1-2H3,(H,21,22). The molecule has 3 rings (SSSR count). The van der Waals surface area contributed by atoms with Gasteiger partial charge in [-0.2, -0.15) is 5.26 Å². The highest BCUT2D eigenvalue weighted by Crippen LogP contribution is 2.66. The first-order chi connectivity index (χ1) is 10.8. The van der Waals surface area contributed by atoms with E-state index >= 15 is 0 Å². The number of nitrogens with zero attached hydrogens (tertiary/aromatic N) is 1. The zero-order valence-corrected chi connectivity index (χ0v) is 16.6. The third-order valence-corrected chi connectivity index (χ3v) is 7.58. The molecule has 1 N–H and O–H groups in total. The van der Waals surface area contributed by atoms with Crippen LogP contribution in [-0.2, 0) is 4.79 Å². The van der Waals surface area contributed by atoms with E-state index in [4.69, 9.17) is 0 Å². The summed E-state index contributed by atoms with van der Waals surface area (Å²) in [4.78, 5) is 13.6. The molecule has 1 heterocycles. The van der Waals surface area contributed by atoms with Crippen molar-refractivity contribution < 1.29 is 4.79 Å². The first kappa shape index (κ1) is 16.7. The molecule has 2 aromatic rings. The Morgan fingerprint density at radius 3 is 2.48 bits per heavy atom. The quantitative estimate of drug-likeness (QED) is 0.630. The molecule has 1 saturated carbocycles. The highest BCUT2D eigenvalue weighted by atomic mass is 79.9. The fourth-order valence-electron chi connectivity index (χ4n) is 2.58. The Hall–Kier alpha value is -1.16. The van der Waals surface area contributed by atoms with Gasteiger partial charge in [-0.15, -0.1) is 11.3 Å². The van der Waals surface area contributed by atoms with E-state index in [0.717, 1.165) is 16.0 Å². The maximum atomic E-state index is 12.6. The Kier molecular flexibility index (Phi) is 4.16. The number of hydrogen-bond acceptors (Lipinski definition) is 3. The number of anilines is 1. The summed E-state index contributed by atoms with van der Waals surface area (Å²) in [5, 5.41) is 13.2. The van der Waals surface area contributed by atoms with E-state index in [-0.39, 0.29) is 9.14 Å². The van der Waals surface area contributed by atoms with Crippen molar-refractivity contribution in [2.75, 3.05) is 5.32 Å². The number of carbonyl (C=O) groups excluding carboxylic acids is 1. The molecule has 1 fully saturated rings. The number of nitrogens with one attached hydrogen (secondary N) is 1. The van der Waals surface area contributed by atoms with Crippen LogP contribution in [0.2, 0.25) is 0 Å². The van der Waals surface area contributed by atoms with Crippen molar-refractivity contribution in [3.05, 3.63) is 40.8 Å². The van der Waals surface area contributed by atoms with E-state index in [1.165, 1.54) is 11.3 Å². The lowest BCUT2D eigenvalue weighted by atomic mass is 10.0. The molecule has 0 saturated heterocycles. The Labute approximate surface area is 156 Å². The minimum atomic E-state index is -0.509. The zero-order chi connectivity index (χ0) is 16.8. The number of halogens is 2. The Morgan fingerprint density at radius 1 is 1.35 bits per heavy atom. The van der Waals surface area contributed by atoms with Gasteiger partial charge in [-0.05, 0) is 25.8 Å². The molecule has 6 heteroatoms. The maximum Gasteiger partial charge on any atom is 0.233 e. The Morgan fingerprint density at radius 2 is 1.96 bits per heavy atom. The van der Waals surface area contributed by atoms with E-state index in [0.29, 0.717) is 17.0 Å². The molecule has 1 aromatic heterocycles. The van der Waals surface area contributed by atoms with E-state index < -0.39 is 5.41 Å². The summed E-state index contributed by atoms with van der Waals surface area (Å²) in [5.74, 6) is -0.0800. The number of benzene rings is 1. The summed E-state index contributed by atoms with van der Waals surface area (Å²) < 4.78 is -0.349. The zero-order valence-electron chi connectivity index (χ0n) is 12.6. The molecule has 0 bridgehead atoms.